The molecule has 0 aliphatic carbocycles. The molecule has 0 saturated heterocycles. The van der Waals surface area contributed by atoms with E-state index in [2.05, 4.69) is 26.8 Å². The number of hydrogen-bond donors (Lipinski definition) is 2. The van der Waals surface area contributed by atoms with Crippen LogP contribution in [-0.2, 0) is 6.54 Å². The summed E-state index contributed by atoms with van der Waals surface area (Å²) in [5, 5.41) is 10.5. The van der Waals surface area contributed by atoms with E-state index in [1.807, 2.05) is 55.1 Å². The van der Waals surface area contributed by atoms with Gasteiger partial charge in [0.05, 0.1) is 16.9 Å². The second kappa shape index (κ2) is 7.61. The molecule has 3 rings (SSSR count). The van der Waals surface area contributed by atoms with Crippen LogP contribution in [0.3, 0.4) is 0 Å². The van der Waals surface area contributed by atoms with Crippen molar-refractivity contribution >= 4 is 11.7 Å². The van der Waals surface area contributed by atoms with E-state index in [-0.39, 0.29) is 5.91 Å². The zero-order chi connectivity index (χ0) is 17.6. The van der Waals surface area contributed by atoms with Crippen molar-refractivity contribution in [3.63, 3.8) is 0 Å². The molecule has 0 radical (unpaired) electrons. The van der Waals surface area contributed by atoms with Gasteiger partial charge in [-0.05, 0) is 43.7 Å². The number of para-hydroxylation sites is 1. The third kappa shape index (κ3) is 4.03. The van der Waals surface area contributed by atoms with E-state index in [1.165, 1.54) is 0 Å². The molecule has 0 saturated carbocycles. The molecule has 0 unspecified atom stereocenters. The smallest absolute Gasteiger partial charge is 0.252 e. The van der Waals surface area contributed by atoms with E-state index < -0.39 is 0 Å². The van der Waals surface area contributed by atoms with Crippen molar-refractivity contribution in [2.75, 3.05) is 11.9 Å². The van der Waals surface area contributed by atoms with Crippen LogP contribution in [0, 0.1) is 6.92 Å². The minimum atomic E-state index is -0.110. The Hall–Kier alpha value is -3.15. The SMILES string of the molecule is CCNC(=O)c1ccc(NCc2ccccc2-n2ccc(C)n2)nc1. The number of rotatable bonds is 6. The molecule has 1 aromatic carbocycles. The molecular weight excluding hydrogens is 314 g/mol. The molecule has 2 aromatic heterocycles. The normalized spacial score (nSPS) is 10.5. The van der Waals surface area contributed by atoms with E-state index in [0.29, 0.717) is 18.7 Å². The number of carbonyl (C=O) groups excluding carboxylic acids is 1. The van der Waals surface area contributed by atoms with Gasteiger partial charge in [0.15, 0.2) is 0 Å². The summed E-state index contributed by atoms with van der Waals surface area (Å²) in [6.45, 7) is 5.07. The molecular formula is C19H21N5O. The summed E-state index contributed by atoms with van der Waals surface area (Å²) in [4.78, 5) is 16.1. The standard InChI is InChI=1S/C19H21N5O/c1-3-20-19(25)16-8-9-18(22-13-16)21-12-15-6-4-5-7-17(15)24-11-10-14(2)23-24/h4-11,13H,3,12H2,1-2H3,(H,20,25)(H,21,22). The van der Waals surface area contributed by atoms with Gasteiger partial charge in [-0.1, -0.05) is 18.2 Å². The Morgan fingerprint density at radius 2 is 2.00 bits per heavy atom. The van der Waals surface area contributed by atoms with Crippen LogP contribution in [-0.4, -0.2) is 27.2 Å². The monoisotopic (exact) mass is 335 g/mol. The number of carbonyl (C=O) groups is 1. The van der Waals surface area contributed by atoms with E-state index in [4.69, 9.17) is 0 Å². The fraction of sp³-hybridized carbons (Fsp3) is 0.211. The highest BCUT2D eigenvalue weighted by Crippen LogP contribution is 2.16. The van der Waals surface area contributed by atoms with E-state index >= 15 is 0 Å². The van der Waals surface area contributed by atoms with Crippen LogP contribution in [0.5, 0.6) is 0 Å². The summed E-state index contributed by atoms with van der Waals surface area (Å²) < 4.78 is 1.87. The van der Waals surface area contributed by atoms with Crippen LogP contribution < -0.4 is 10.6 Å². The molecule has 6 nitrogen and oxygen atoms in total. The number of pyridine rings is 1. The summed E-state index contributed by atoms with van der Waals surface area (Å²) in [5.41, 5.74) is 3.67. The number of hydrogen-bond acceptors (Lipinski definition) is 4. The Bertz CT molecular complexity index is 854. The molecule has 0 atom stereocenters. The summed E-state index contributed by atoms with van der Waals surface area (Å²) in [6.07, 6.45) is 3.53. The van der Waals surface area contributed by atoms with Gasteiger partial charge in [0, 0.05) is 25.5 Å². The first kappa shape index (κ1) is 16.7. The van der Waals surface area contributed by atoms with Crippen LogP contribution in [0.4, 0.5) is 5.82 Å². The van der Waals surface area contributed by atoms with E-state index in [9.17, 15) is 4.79 Å². The topological polar surface area (TPSA) is 71.8 Å². The Kier molecular flexibility index (Phi) is 5.09. The average molecular weight is 335 g/mol. The number of aromatic nitrogens is 3. The average Bonchev–Trinajstić information content (AvgIpc) is 3.07. The third-order valence-electron chi connectivity index (χ3n) is 3.78. The molecule has 0 spiro atoms. The lowest BCUT2D eigenvalue weighted by Gasteiger charge is -2.11. The van der Waals surface area contributed by atoms with Crippen LogP contribution >= 0.6 is 0 Å². The Morgan fingerprint density at radius 1 is 1.16 bits per heavy atom. The molecule has 0 fully saturated rings. The third-order valence-corrected chi connectivity index (χ3v) is 3.78. The second-order valence-corrected chi connectivity index (χ2v) is 5.68. The minimum absolute atomic E-state index is 0.110. The van der Waals surface area contributed by atoms with Gasteiger partial charge in [0.25, 0.3) is 5.91 Å². The first-order chi connectivity index (χ1) is 12.2. The summed E-state index contributed by atoms with van der Waals surface area (Å²) in [5.74, 6) is 0.612. The molecule has 25 heavy (non-hydrogen) atoms. The molecule has 6 heteroatoms. The largest absolute Gasteiger partial charge is 0.366 e. The molecule has 2 N–H and O–H groups in total. The van der Waals surface area contributed by atoms with Crippen LogP contribution in [0.1, 0.15) is 28.5 Å². The maximum Gasteiger partial charge on any atom is 0.252 e. The van der Waals surface area contributed by atoms with E-state index in [1.54, 1.807) is 12.3 Å². The van der Waals surface area contributed by atoms with Gasteiger partial charge >= 0.3 is 0 Å². The van der Waals surface area contributed by atoms with Crippen molar-refractivity contribution in [3.8, 4) is 5.69 Å². The Morgan fingerprint density at radius 3 is 2.68 bits per heavy atom. The minimum Gasteiger partial charge on any atom is -0.366 e. The Labute approximate surface area is 146 Å². The van der Waals surface area contributed by atoms with Crippen LogP contribution in [0.15, 0.2) is 54.9 Å². The van der Waals surface area contributed by atoms with Crippen LogP contribution in [0.2, 0.25) is 0 Å². The molecule has 0 aliphatic heterocycles. The molecule has 2 heterocycles. The van der Waals surface area contributed by atoms with Crippen molar-refractivity contribution < 1.29 is 4.79 Å². The fourth-order valence-electron chi connectivity index (χ4n) is 2.51. The lowest BCUT2D eigenvalue weighted by molar-refractivity contribution is 0.0955. The second-order valence-electron chi connectivity index (χ2n) is 5.68. The number of amides is 1. The summed E-state index contributed by atoms with van der Waals surface area (Å²) in [7, 11) is 0. The quantitative estimate of drug-likeness (QED) is 0.726. The fourth-order valence-corrected chi connectivity index (χ4v) is 2.51. The number of aryl methyl sites for hydroxylation is 1. The molecule has 1 amide bonds. The van der Waals surface area contributed by atoms with Crippen molar-refractivity contribution in [1.29, 1.82) is 0 Å². The van der Waals surface area contributed by atoms with Gasteiger partial charge < -0.3 is 10.6 Å². The van der Waals surface area contributed by atoms with Gasteiger partial charge in [-0.25, -0.2) is 9.67 Å². The number of nitrogens with one attached hydrogen (secondary N) is 2. The predicted octanol–water partition coefficient (Wildman–Crippen LogP) is 2.94. The lowest BCUT2D eigenvalue weighted by Crippen LogP contribution is -2.22. The molecule has 128 valence electrons. The van der Waals surface area contributed by atoms with Gasteiger partial charge in [-0.3, -0.25) is 4.79 Å². The summed E-state index contributed by atoms with van der Waals surface area (Å²) in [6, 6.07) is 13.6. The Balaban J connectivity index is 1.71. The first-order valence-corrected chi connectivity index (χ1v) is 8.26. The lowest BCUT2D eigenvalue weighted by atomic mass is 10.1. The summed E-state index contributed by atoms with van der Waals surface area (Å²) >= 11 is 0. The zero-order valence-corrected chi connectivity index (χ0v) is 14.4. The highest BCUT2D eigenvalue weighted by molar-refractivity contribution is 5.93. The molecule has 0 bridgehead atoms. The molecule has 3 aromatic rings. The van der Waals surface area contributed by atoms with E-state index in [0.717, 1.165) is 22.8 Å². The van der Waals surface area contributed by atoms with Crippen molar-refractivity contribution in [1.82, 2.24) is 20.1 Å². The maximum atomic E-state index is 11.8. The van der Waals surface area contributed by atoms with Crippen molar-refractivity contribution in [2.24, 2.45) is 0 Å². The number of benzene rings is 1. The molecule has 0 aliphatic rings. The van der Waals surface area contributed by atoms with Gasteiger partial charge in [0.2, 0.25) is 0 Å². The predicted molar refractivity (Wildman–Crippen MR) is 97.9 cm³/mol. The highest BCUT2D eigenvalue weighted by atomic mass is 16.1. The first-order valence-electron chi connectivity index (χ1n) is 8.26. The van der Waals surface area contributed by atoms with Crippen molar-refractivity contribution in [3.05, 3.63) is 71.7 Å². The van der Waals surface area contributed by atoms with Gasteiger partial charge in [-0.15, -0.1) is 0 Å². The number of nitrogens with zero attached hydrogens (tertiary/aromatic N) is 3. The van der Waals surface area contributed by atoms with Crippen LogP contribution in [0.25, 0.3) is 5.69 Å². The van der Waals surface area contributed by atoms with Gasteiger partial charge in [-0.2, -0.15) is 5.10 Å². The van der Waals surface area contributed by atoms with Crippen molar-refractivity contribution in [2.45, 2.75) is 20.4 Å². The highest BCUT2D eigenvalue weighted by Gasteiger charge is 2.07. The zero-order valence-electron chi connectivity index (χ0n) is 14.4. The number of anilines is 1. The maximum absolute atomic E-state index is 11.8. The van der Waals surface area contributed by atoms with Gasteiger partial charge in [0.1, 0.15) is 5.82 Å².